The molecule has 0 atom stereocenters. The Bertz CT molecular complexity index is 831. The lowest BCUT2D eigenvalue weighted by atomic mass is 10.2. The fraction of sp³-hybridized carbons (Fsp3) is 0.0667. The van der Waals surface area contributed by atoms with Crippen LogP contribution in [0.25, 0.3) is 11.7 Å². The summed E-state index contributed by atoms with van der Waals surface area (Å²) in [4.78, 5) is 11.8. The van der Waals surface area contributed by atoms with Gasteiger partial charge < -0.3 is 13.6 Å². The Morgan fingerprint density at radius 2 is 2.09 bits per heavy atom. The number of anilines is 1. The number of furan rings is 1. The fourth-order valence-electron chi connectivity index (χ4n) is 1.70. The number of aromatic nitrogens is 2. The van der Waals surface area contributed by atoms with Gasteiger partial charge in [-0.15, -0.1) is 5.10 Å². The van der Waals surface area contributed by atoms with Gasteiger partial charge in [0.1, 0.15) is 5.75 Å². The first-order chi connectivity index (χ1) is 11.2. The molecule has 0 radical (unpaired) electrons. The highest BCUT2D eigenvalue weighted by Crippen LogP contribution is 2.19. The normalized spacial score (nSPS) is 10.0. The van der Waals surface area contributed by atoms with E-state index in [0.29, 0.717) is 17.1 Å². The van der Waals surface area contributed by atoms with Crippen molar-refractivity contribution in [1.82, 2.24) is 10.2 Å². The lowest BCUT2D eigenvalue weighted by Crippen LogP contribution is -2.20. The Kier molecular flexibility index (Phi) is 4.02. The molecule has 0 aliphatic heterocycles. The predicted molar refractivity (Wildman–Crippen MR) is 77.3 cm³/mol. The summed E-state index contributed by atoms with van der Waals surface area (Å²) in [5.74, 6) is 0.593. The third kappa shape index (κ3) is 3.54. The van der Waals surface area contributed by atoms with Gasteiger partial charge in [0.2, 0.25) is 0 Å². The summed E-state index contributed by atoms with van der Waals surface area (Å²) in [5.41, 5.74) is 0.512. The van der Waals surface area contributed by atoms with Crippen molar-refractivity contribution < 1.29 is 18.4 Å². The smallest absolute Gasteiger partial charge is 0.322 e. The summed E-state index contributed by atoms with van der Waals surface area (Å²) in [6, 6.07) is 11.7. The highest BCUT2D eigenvalue weighted by Gasteiger charge is 2.13. The number of benzene rings is 1. The van der Waals surface area contributed by atoms with Gasteiger partial charge in [0, 0.05) is 0 Å². The van der Waals surface area contributed by atoms with Gasteiger partial charge in [-0.1, -0.05) is 5.10 Å². The van der Waals surface area contributed by atoms with E-state index in [1.54, 1.807) is 36.4 Å². The average molecular weight is 310 g/mol. The van der Waals surface area contributed by atoms with Crippen LogP contribution in [0, 0.1) is 11.3 Å². The van der Waals surface area contributed by atoms with Crippen molar-refractivity contribution in [3.05, 3.63) is 48.2 Å². The highest BCUT2D eigenvalue weighted by molar-refractivity contribution is 5.89. The van der Waals surface area contributed by atoms with Gasteiger partial charge >= 0.3 is 6.01 Å². The number of amides is 1. The Labute approximate surface area is 130 Å². The SMILES string of the molecule is N#Cc1ccc(OCC(=O)Nc2nnc(-c3ccco3)o2)cc1. The largest absolute Gasteiger partial charge is 0.484 e. The van der Waals surface area contributed by atoms with Crippen molar-refractivity contribution in [2.24, 2.45) is 0 Å². The third-order valence-corrected chi connectivity index (χ3v) is 2.76. The molecule has 3 aromatic rings. The first-order valence-corrected chi connectivity index (χ1v) is 6.55. The predicted octanol–water partition coefficient (Wildman–Crippen LogP) is 2.22. The first kappa shape index (κ1) is 14.3. The van der Waals surface area contributed by atoms with E-state index >= 15 is 0 Å². The molecule has 0 saturated carbocycles. The second-order valence-electron chi connectivity index (χ2n) is 4.36. The summed E-state index contributed by atoms with van der Waals surface area (Å²) in [5, 5.41) is 18.6. The summed E-state index contributed by atoms with van der Waals surface area (Å²) >= 11 is 0. The number of carbonyl (C=O) groups excluding carboxylic acids is 1. The minimum absolute atomic E-state index is 0.0511. The third-order valence-electron chi connectivity index (χ3n) is 2.76. The van der Waals surface area contributed by atoms with Crippen LogP contribution >= 0.6 is 0 Å². The summed E-state index contributed by atoms with van der Waals surface area (Å²) in [7, 11) is 0. The second-order valence-corrected chi connectivity index (χ2v) is 4.36. The van der Waals surface area contributed by atoms with Gasteiger partial charge in [-0.2, -0.15) is 5.26 Å². The van der Waals surface area contributed by atoms with E-state index in [4.69, 9.17) is 18.8 Å². The molecule has 2 heterocycles. The minimum Gasteiger partial charge on any atom is -0.484 e. The van der Waals surface area contributed by atoms with Crippen LogP contribution in [-0.4, -0.2) is 22.7 Å². The number of carbonyl (C=O) groups is 1. The van der Waals surface area contributed by atoms with Gasteiger partial charge in [-0.05, 0) is 36.4 Å². The van der Waals surface area contributed by atoms with Gasteiger partial charge in [0.05, 0.1) is 17.9 Å². The number of ether oxygens (including phenoxy) is 1. The maximum Gasteiger partial charge on any atom is 0.322 e. The molecule has 3 rings (SSSR count). The van der Waals surface area contributed by atoms with E-state index in [1.807, 2.05) is 6.07 Å². The van der Waals surface area contributed by atoms with Crippen molar-refractivity contribution in [2.75, 3.05) is 11.9 Å². The molecule has 23 heavy (non-hydrogen) atoms. The van der Waals surface area contributed by atoms with Crippen molar-refractivity contribution in [2.45, 2.75) is 0 Å². The molecule has 0 saturated heterocycles. The molecular formula is C15H10N4O4. The molecule has 0 unspecified atom stereocenters. The molecule has 114 valence electrons. The zero-order chi connectivity index (χ0) is 16.1. The summed E-state index contributed by atoms with van der Waals surface area (Å²) < 4.78 is 15.6. The van der Waals surface area contributed by atoms with E-state index in [9.17, 15) is 4.79 Å². The number of nitrogens with zero attached hydrogens (tertiary/aromatic N) is 3. The standard InChI is InChI=1S/C15H10N4O4/c16-8-10-3-5-11(6-4-10)22-9-13(20)17-15-19-18-14(23-15)12-2-1-7-21-12/h1-7H,9H2,(H,17,19,20). The number of hydrogen-bond acceptors (Lipinski definition) is 7. The maximum atomic E-state index is 11.8. The van der Waals surface area contributed by atoms with Crippen molar-refractivity contribution in [1.29, 1.82) is 5.26 Å². The zero-order valence-corrected chi connectivity index (χ0v) is 11.7. The van der Waals surface area contributed by atoms with Crippen molar-refractivity contribution in [3.8, 4) is 23.5 Å². The monoisotopic (exact) mass is 310 g/mol. The van der Waals surface area contributed by atoms with Crippen LogP contribution < -0.4 is 10.1 Å². The molecule has 0 bridgehead atoms. The van der Waals surface area contributed by atoms with E-state index in [0.717, 1.165) is 0 Å². The summed E-state index contributed by atoms with van der Waals surface area (Å²) in [6.07, 6.45) is 1.48. The highest BCUT2D eigenvalue weighted by atomic mass is 16.5. The van der Waals surface area contributed by atoms with Crippen molar-refractivity contribution >= 4 is 11.9 Å². The quantitative estimate of drug-likeness (QED) is 0.768. The van der Waals surface area contributed by atoms with E-state index in [2.05, 4.69) is 15.5 Å². The van der Waals surface area contributed by atoms with Gasteiger partial charge in [0.15, 0.2) is 12.4 Å². The van der Waals surface area contributed by atoms with Crippen molar-refractivity contribution in [3.63, 3.8) is 0 Å². The van der Waals surface area contributed by atoms with Gasteiger partial charge in [-0.3, -0.25) is 10.1 Å². The molecule has 0 spiro atoms. The van der Waals surface area contributed by atoms with Crippen LogP contribution in [0.3, 0.4) is 0 Å². The topological polar surface area (TPSA) is 114 Å². The molecule has 1 N–H and O–H groups in total. The van der Waals surface area contributed by atoms with E-state index in [-0.39, 0.29) is 18.5 Å². The van der Waals surface area contributed by atoms with Crippen LogP contribution in [0.2, 0.25) is 0 Å². The molecular weight excluding hydrogens is 300 g/mol. The van der Waals surface area contributed by atoms with Crippen LogP contribution in [0.5, 0.6) is 5.75 Å². The Balaban J connectivity index is 1.54. The molecule has 1 amide bonds. The molecule has 0 aliphatic carbocycles. The minimum atomic E-state index is -0.455. The Morgan fingerprint density at radius 1 is 1.26 bits per heavy atom. The van der Waals surface area contributed by atoms with Crippen LogP contribution in [0.4, 0.5) is 6.01 Å². The molecule has 0 fully saturated rings. The Morgan fingerprint density at radius 3 is 2.78 bits per heavy atom. The zero-order valence-electron chi connectivity index (χ0n) is 11.7. The van der Waals surface area contributed by atoms with Gasteiger partial charge in [0.25, 0.3) is 11.8 Å². The van der Waals surface area contributed by atoms with E-state index in [1.165, 1.54) is 6.26 Å². The maximum absolute atomic E-state index is 11.8. The number of nitrogens with one attached hydrogen (secondary N) is 1. The first-order valence-electron chi connectivity index (χ1n) is 6.55. The fourth-order valence-corrected chi connectivity index (χ4v) is 1.70. The molecule has 8 heteroatoms. The number of rotatable bonds is 5. The lowest BCUT2D eigenvalue weighted by molar-refractivity contribution is -0.118. The molecule has 8 nitrogen and oxygen atoms in total. The lowest BCUT2D eigenvalue weighted by Gasteiger charge is -2.04. The number of nitriles is 1. The molecule has 0 aliphatic rings. The van der Waals surface area contributed by atoms with Gasteiger partial charge in [-0.25, -0.2) is 0 Å². The van der Waals surface area contributed by atoms with Crippen LogP contribution in [0.15, 0.2) is 51.5 Å². The van der Waals surface area contributed by atoms with Crippen LogP contribution in [-0.2, 0) is 4.79 Å². The average Bonchev–Trinajstić information content (AvgIpc) is 3.24. The Hall–Kier alpha value is -3.60. The summed E-state index contributed by atoms with van der Waals surface area (Å²) in [6.45, 7) is -0.232. The second kappa shape index (κ2) is 6.44. The number of hydrogen-bond donors (Lipinski definition) is 1. The molecule has 2 aromatic heterocycles. The van der Waals surface area contributed by atoms with Crippen LogP contribution in [0.1, 0.15) is 5.56 Å². The van der Waals surface area contributed by atoms with E-state index < -0.39 is 5.91 Å². The molecule has 1 aromatic carbocycles.